The first-order valence-electron chi connectivity index (χ1n) is 8.96. The maximum atomic E-state index is 12.7. The standard InChI is InChI=1S/C19H18N6OS2/c26-18(25-7-6-20-10-25)17-23-14-5-4-11-9-21-19(24-15(11)16(14)28-17)22-12-2-1-3-13(27)8-12/h1-5,8-9,17,20,23,27H,6-7,10H2,(H,21,22,24). The summed E-state index contributed by atoms with van der Waals surface area (Å²) in [5, 5.41) is 10.4. The fourth-order valence-electron chi connectivity index (χ4n) is 3.34. The third kappa shape index (κ3) is 3.25. The van der Waals surface area contributed by atoms with E-state index in [0.717, 1.165) is 45.2 Å². The second-order valence-corrected chi connectivity index (χ2v) is 8.28. The SMILES string of the molecule is O=C(C1Nc2ccc3cnc(Nc4cccc(S)c4)nc3c2S1)N1CCNC1. The number of amides is 1. The van der Waals surface area contributed by atoms with Gasteiger partial charge in [-0.05, 0) is 30.3 Å². The number of nitrogens with one attached hydrogen (secondary N) is 3. The van der Waals surface area contributed by atoms with Crippen LogP contribution in [0.4, 0.5) is 17.3 Å². The first kappa shape index (κ1) is 17.6. The highest BCUT2D eigenvalue weighted by atomic mass is 32.2. The highest BCUT2D eigenvalue weighted by Gasteiger charge is 2.33. The van der Waals surface area contributed by atoms with Gasteiger partial charge >= 0.3 is 0 Å². The Bertz CT molecular complexity index is 1070. The number of rotatable bonds is 3. The molecule has 0 aliphatic carbocycles. The third-order valence-electron chi connectivity index (χ3n) is 4.73. The number of carbonyl (C=O) groups is 1. The van der Waals surface area contributed by atoms with Gasteiger partial charge in [0, 0.05) is 35.3 Å². The van der Waals surface area contributed by atoms with Gasteiger partial charge in [0.2, 0.25) is 5.95 Å². The highest BCUT2D eigenvalue weighted by molar-refractivity contribution is 8.01. The number of hydrogen-bond donors (Lipinski definition) is 4. The Morgan fingerprint density at radius 2 is 2.25 bits per heavy atom. The Hall–Kier alpha value is -2.49. The second-order valence-electron chi connectivity index (χ2n) is 6.65. The van der Waals surface area contributed by atoms with Gasteiger partial charge in [-0.25, -0.2) is 9.97 Å². The summed E-state index contributed by atoms with van der Waals surface area (Å²) in [6.07, 6.45) is 1.80. The topological polar surface area (TPSA) is 82.2 Å². The molecular weight excluding hydrogens is 392 g/mol. The van der Waals surface area contributed by atoms with E-state index in [1.807, 2.05) is 41.3 Å². The molecule has 1 aromatic heterocycles. The normalized spacial score (nSPS) is 18.2. The largest absolute Gasteiger partial charge is 0.364 e. The number of aromatic nitrogens is 2. The van der Waals surface area contributed by atoms with Crippen molar-refractivity contribution in [3.63, 3.8) is 0 Å². The Kier molecular flexibility index (Phi) is 4.50. The van der Waals surface area contributed by atoms with Gasteiger partial charge in [-0.15, -0.1) is 12.6 Å². The minimum absolute atomic E-state index is 0.0948. The smallest absolute Gasteiger partial charge is 0.257 e. The molecule has 1 atom stereocenters. The molecule has 2 aliphatic rings. The zero-order valence-corrected chi connectivity index (χ0v) is 16.6. The van der Waals surface area contributed by atoms with Crippen LogP contribution in [-0.4, -0.2) is 45.9 Å². The van der Waals surface area contributed by atoms with Crippen molar-refractivity contribution in [2.75, 3.05) is 30.4 Å². The second kappa shape index (κ2) is 7.16. The number of fused-ring (bicyclic) bond motifs is 3. The molecule has 3 heterocycles. The zero-order valence-electron chi connectivity index (χ0n) is 14.8. The maximum Gasteiger partial charge on any atom is 0.257 e. The molecule has 1 fully saturated rings. The number of nitrogens with zero attached hydrogens (tertiary/aromatic N) is 3. The molecule has 1 saturated heterocycles. The van der Waals surface area contributed by atoms with Gasteiger partial charge in [0.1, 0.15) is 0 Å². The van der Waals surface area contributed by atoms with E-state index in [1.165, 1.54) is 11.8 Å². The fourth-order valence-corrected chi connectivity index (χ4v) is 4.76. The van der Waals surface area contributed by atoms with Crippen LogP contribution in [0.1, 0.15) is 0 Å². The van der Waals surface area contributed by atoms with E-state index in [-0.39, 0.29) is 11.3 Å². The van der Waals surface area contributed by atoms with E-state index in [9.17, 15) is 4.79 Å². The zero-order chi connectivity index (χ0) is 19.1. The summed E-state index contributed by atoms with van der Waals surface area (Å²) in [5.41, 5.74) is 2.65. The lowest BCUT2D eigenvalue weighted by Gasteiger charge is -2.18. The molecule has 9 heteroatoms. The van der Waals surface area contributed by atoms with Crippen LogP contribution in [0.15, 0.2) is 52.4 Å². The van der Waals surface area contributed by atoms with E-state index in [2.05, 4.69) is 33.6 Å². The van der Waals surface area contributed by atoms with Crippen LogP contribution < -0.4 is 16.0 Å². The summed E-state index contributed by atoms with van der Waals surface area (Å²) in [5.74, 6) is 0.608. The molecule has 2 aromatic carbocycles. The number of hydrogen-bond acceptors (Lipinski definition) is 8. The number of thioether (sulfide) groups is 1. The quantitative estimate of drug-likeness (QED) is 0.494. The third-order valence-corrected chi connectivity index (χ3v) is 6.21. The fraction of sp³-hybridized carbons (Fsp3) is 0.211. The lowest BCUT2D eigenvalue weighted by molar-refractivity contribution is -0.129. The summed E-state index contributed by atoms with van der Waals surface area (Å²) in [6, 6.07) is 11.7. The molecule has 1 unspecified atom stereocenters. The molecule has 0 saturated carbocycles. The molecule has 2 aliphatic heterocycles. The first-order chi connectivity index (χ1) is 13.7. The van der Waals surface area contributed by atoms with Crippen molar-refractivity contribution in [2.24, 2.45) is 0 Å². The van der Waals surface area contributed by atoms with Gasteiger partial charge in [0.05, 0.1) is 22.8 Å². The highest BCUT2D eigenvalue weighted by Crippen LogP contribution is 2.43. The van der Waals surface area contributed by atoms with Crippen LogP contribution in [0.3, 0.4) is 0 Å². The first-order valence-corrected chi connectivity index (χ1v) is 10.3. The minimum Gasteiger partial charge on any atom is -0.364 e. The van der Waals surface area contributed by atoms with E-state index < -0.39 is 0 Å². The Balaban J connectivity index is 1.44. The molecule has 0 radical (unpaired) electrons. The molecule has 0 bridgehead atoms. The van der Waals surface area contributed by atoms with Gasteiger partial charge in [-0.3, -0.25) is 10.1 Å². The molecule has 0 spiro atoms. The van der Waals surface area contributed by atoms with Gasteiger partial charge < -0.3 is 15.5 Å². The van der Waals surface area contributed by atoms with Gasteiger partial charge in [-0.1, -0.05) is 17.8 Å². The van der Waals surface area contributed by atoms with E-state index in [0.29, 0.717) is 12.6 Å². The molecular formula is C19H18N6OS2. The van der Waals surface area contributed by atoms with Crippen molar-refractivity contribution in [3.8, 4) is 0 Å². The molecule has 3 N–H and O–H groups in total. The van der Waals surface area contributed by atoms with Crippen LogP contribution in [0.5, 0.6) is 0 Å². The summed E-state index contributed by atoms with van der Waals surface area (Å²) in [4.78, 5) is 25.6. The van der Waals surface area contributed by atoms with Crippen molar-refractivity contribution >= 4 is 58.5 Å². The van der Waals surface area contributed by atoms with Crippen molar-refractivity contribution in [2.45, 2.75) is 15.2 Å². The molecule has 7 nitrogen and oxygen atoms in total. The van der Waals surface area contributed by atoms with E-state index in [4.69, 9.17) is 4.98 Å². The summed E-state index contributed by atoms with van der Waals surface area (Å²) >= 11 is 5.88. The Morgan fingerprint density at radius 3 is 3.07 bits per heavy atom. The van der Waals surface area contributed by atoms with Crippen molar-refractivity contribution in [1.29, 1.82) is 0 Å². The van der Waals surface area contributed by atoms with Gasteiger partial charge in [0.25, 0.3) is 5.91 Å². The lowest BCUT2D eigenvalue weighted by Crippen LogP contribution is -2.39. The lowest BCUT2D eigenvalue weighted by atomic mass is 10.2. The monoisotopic (exact) mass is 410 g/mol. The van der Waals surface area contributed by atoms with Crippen molar-refractivity contribution in [3.05, 3.63) is 42.6 Å². The predicted octanol–water partition coefficient (Wildman–Crippen LogP) is 2.90. The van der Waals surface area contributed by atoms with Crippen LogP contribution in [0.25, 0.3) is 10.9 Å². The number of carbonyl (C=O) groups excluding carboxylic acids is 1. The average Bonchev–Trinajstić information content (AvgIpc) is 3.37. The van der Waals surface area contributed by atoms with Crippen LogP contribution in [0, 0.1) is 0 Å². The summed E-state index contributed by atoms with van der Waals surface area (Å²) in [6.45, 7) is 2.19. The van der Waals surface area contributed by atoms with Crippen LogP contribution in [0.2, 0.25) is 0 Å². The van der Waals surface area contributed by atoms with Crippen LogP contribution in [-0.2, 0) is 4.79 Å². The van der Waals surface area contributed by atoms with Gasteiger partial charge in [0.15, 0.2) is 5.37 Å². The summed E-state index contributed by atoms with van der Waals surface area (Å²) < 4.78 is 0. The van der Waals surface area contributed by atoms with E-state index >= 15 is 0 Å². The Morgan fingerprint density at radius 1 is 1.32 bits per heavy atom. The molecule has 28 heavy (non-hydrogen) atoms. The molecule has 1 amide bonds. The number of anilines is 3. The van der Waals surface area contributed by atoms with Crippen molar-refractivity contribution in [1.82, 2.24) is 20.2 Å². The summed E-state index contributed by atoms with van der Waals surface area (Å²) in [7, 11) is 0. The van der Waals surface area contributed by atoms with E-state index in [1.54, 1.807) is 6.20 Å². The van der Waals surface area contributed by atoms with Crippen LogP contribution >= 0.6 is 24.4 Å². The molecule has 142 valence electrons. The number of thiol groups is 1. The molecule has 3 aromatic rings. The number of benzene rings is 2. The average molecular weight is 411 g/mol. The minimum atomic E-state index is -0.326. The van der Waals surface area contributed by atoms with Gasteiger partial charge in [-0.2, -0.15) is 0 Å². The predicted molar refractivity (Wildman–Crippen MR) is 114 cm³/mol. The molecule has 5 rings (SSSR count). The van der Waals surface area contributed by atoms with Crippen molar-refractivity contribution < 1.29 is 4.79 Å². The Labute approximate surface area is 171 Å². The maximum absolute atomic E-state index is 12.7.